The summed E-state index contributed by atoms with van der Waals surface area (Å²) < 4.78 is 2.32. The minimum atomic E-state index is -0.742. The van der Waals surface area contributed by atoms with Gasteiger partial charge in [-0.25, -0.2) is 0 Å². The molecule has 0 unspecified atom stereocenters. The fourth-order valence-electron chi connectivity index (χ4n) is 8.16. The molecule has 7 aromatic carbocycles. The summed E-state index contributed by atoms with van der Waals surface area (Å²) in [7, 11) is 0. The summed E-state index contributed by atoms with van der Waals surface area (Å²) in [6.45, 7) is 0. The third kappa shape index (κ3) is 3.68. The van der Waals surface area contributed by atoms with Crippen molar-refractivity contribution in [3.8, 4) is 40.1 Å². The monoisotopic (exact) mass is 609 g/mol. The van der Waals surface area contributed by atoms with Crippen molar-refractivity contribution in [3.63, 3.8) is 0 Å². The Morgan fingerprint density at radius 1 is 0.438 bits per heavy atom. The number of nitrogens with zero attached hydrogens (tertiary/aromatic N) is 3. The van der Waals surface area contributed by atoms with Crippen LogP contribution >= 0.6 is 0 Å². The van der Waals surface area contributed by atoms with E-state index >= 15 is 0 Å². The van der Waals surface area contributed by atoms with Gasteiger partial charge in [0.05, 0.1) is 45.4 Å². The van der Waals surface area contributed by atoms with E-state index < -0.39 is 5.41 Å². The maximum Gasteiger partial charge on any atom is 0.0998 e. The van der Waals surface area contributed by atoms with Crippen LogP contribution in [0.5, 0.6) is 0 Å². The lowest BCUT2D eigenvalue weighted by Gasteiger charge is -2.36. The van der Waals surface area contributed by atoms with Gasteiger partial charge in [0.1, 0.15) is 0 Å². The standard InChI is InChI=1S/C45H27N3/c46-28-30-14-13-15-31(29-47)42(30)43-41(48-39-24-11-8-21-35(39)36-22-9-12-25-40(36)48)27-26-37-34-20-7-10-23-38(34)45(44(37)43,32-16-3-1-4-17-32)33-18-5-2-6-19-33/h1-27H. The molecule has 1 aliphatic carbocycles. The smallest absolute Gasteiger partial charge is 0.0998 e. The molecule has 0 N–H and O–H groups in total. The molecule has 1 heterocycles. The molecule has 3 nitrogen and oxygen atoms in total. The first-order chi connectivity index (χ1) is 23.8. The fraction of sp³-hybridized carbons (Fsp3) is 0.0222. The van der Waals surface area contributed by atoms with Crippen LogP contribution in [0.1, 0.15) is 33.4 Å². The predicted molar refractivity (Wildman–Crippen MR) is 193 cm³/mol. The van der Waals surface area contributed by atoms with Crippen molar-refractivity contribution in [1.82, 2.24) is 4.57 Å². The van der Waals surface area contributed by atoms with Crippen LogP contribution in [-0.2, 0) is 5.41 Å². The minimum absolute atomic E-state index is 0.468. The molecule has 1 aromatic heterocycles. The van der Waals surface area contributed by atoms with Crippen LogP contribution in [0, 0.1) is 22.7 Å². The molecular formula is C45H27N3. The van der Waals surface area contributed by atoms with E-state index in [0.29, 0.717) is 16.7 Å². The van der Waals surface area contributed by atoms with Gasteiger partial charge in [0.25, 0.3) is 0 Å². The number of benzene rings is 7. The molecular weight excluding hydrogens is 583 g/mol. The summed E-state index contributed by atoms with van der Waals surface area (Å²) in [4.78, 5) is 0. The molecule has 0 fully saturated rings. The van der Waals surface area contributed by atoms with E-state index in [-0.39, 0.29) is 0 Å². The van der Waals surface area contributed by atoms with Crippen molar-refractivity contribution in [2.24, 2.45) is 0 Å². The van der Waals surface area contributed by atoms with Crippen molar-refractivity contribution in [3.05, 3.63) is 197 Å². The largest absolute Gasteiger partial charge is 0.309 e. The number of para-hydroxylation sites is 2. The molecule has 0 saturated heterocycles. The van der Waals surface area contributed by atoms with Crippen molar-refractivity contribution in [2.75, 3.05) is 0 Å². The summed E-state index contributed by atoms with van der Waals surface area (Å²) in [5, 5.41) is 23.7. The van der Waals surface area contributed by atoms with Gasteiger partial charge in [-0.05, 0) is 63.7 Å². The Kier molecular flexibility index (Phi) is 6.16. The lowest BCUT2D eigenvalue weighted by Crippen LogP contribution is -2.29. The van der Waals surface area contributed by atoms with Crippen molar-refractivity contribution in [2.45, 2.75) is 5.41 Å². The number of rotatable bonds is 4. The average molecular weight is 610 g/mol. The molecule has 0 bridgehead atoms. The van der Waals surface area contributed by atoms with Gasteiger partial charge < -0.3 is 4.57 Å². The number of fused-ring (bicyclic) bond motifs is 6. The van der Waals surface area contributed by atoms with Gasteiger partial charge in [-0.15, -0.1) is 0 Å². The summed E-state index contributed by atoms with van der Waals surface area (Å²) in [5.74, 6) is 0. The fourth-order valence-corrected chi connectivity index (χ4v) is 8.16. The van der Waals surface area contributed by atoms with E-state index in [1.165, 1.54) is 5.56 Å². The topological polar surface area (TPSA) is 52.5 Å². The SMILES string of the molecule is N#Cc1cccc(C#N)c1-c1c(-n2c3ccccc3c3ccccc32)ccc2c1C(c1ccccc1)(c1ccccc1)c1ccccc1-2. The summed E-state index contributed by atoms with van der Waals surface area (Å²) in [5.41, 5.74) is 11.5. The summed E-state index contributed by atoms with van der Waals surface area (Å²) >= 11 is 0. The molecule has 0 saturated carbocycles. The van der Waals surface area contributed by atoms with Gasteiger partial charge in [-0.2, -0.15) is 10.5 Å². The van der Waals surface area contributed by atoms with Crippen LogP contribution in [0.15, 0.2) is 164 Å². The van der Waals surface area contributed by atoms with Gasteiger partial charge >= 0.3 is 0 Å². The second-order valence-electron chi connectivity index (χ2n) is 12.2. The molecule has 48 heavy (non-hydrogen) atoms. The van der Waals surface area contributed by atoms with Crippen LogP contribution in [0.4, 0.5) is 0 Å². The van der Waals surface area contributed by atoms with Crippen LogP contribution < -0.4 is 0 Å². The predicted octanol–water partition coefficient (Wildman–Crippen LogP) is 10.6. The van der Waals surface area contributed by atoms with E-state index in [2.05, 4.69) is 162 Å². The highest BCUT2D eigenvalue weighted by molar-refractivity contribution is 6.10. The molecule has 1 aliphatic rings. The van der Waals surface area contributed by atoms with Gasteiger partial charge in [0, 0.05) is 21.9 Å². The highest BCUT2D eigenvalue weighted by atomic mass is 15.0. The average Bonchev–Trinajstić information content (AvgIpc) is 3.66. The third-order valence-electron chi connectivity index (χ3n) is 9.97. The highest BCUT2D eigenvalue weighted by Crippen LogP contribution is 2.60. The quantitative estimate of drug-likeness (QED) is 0.199. The van der Waals surface area contributed by atoms with Crippen LogP contribution in [0.2, 0.25) is 0 Å². The zero-order valence-electron chi connectivity index (χ0n) is 25.9. The van der Waals surface area contributed by atoms with E-state index in [0.717, 1.165) is 60.9 Å². The van der Waals surface area contributed by atoms with Gasteiger partial charge in [0.2, 0.25) is 0 Å². The molecule has 3 heteroatoms. The van der Waals surface area contributed by atoms with Crippen LogP contribution in [0.25, 0.3) is 49.7 Å². The maximum atomic E-state index is 10.7. The van der Waals surface area contributed by atoms with E-state index in [1.54, 1.807) is 6.07 Å². The van der Waals surface area contributed by atoms with E-state index in [4.69, 9.17) is 0 Å². The maximum absolute atomic E-state index is 10.7. The molecule has 0 radical (unpaired) electrons. The van der Waals surface area contributed by atoms with Gasteiger partial charge in [-0.1, -0.05) is 133 Å². The molecule has 9 rings (SSSR count). The lowest BCUT2D eigenvalue weighted by molar-refractivity contribution is 0.769. The normalized spacial score (nSPS) is 12.7. The lowest BCUT2D eigenvalue weighted by atomic mass is 9.65. The Balaban J connectivity index is 1.58. The molecule has 8 aromatic rings. The van der Waals surface area contributed by atoms with Gasteiger partial charge in [0.15, 0.2) is 0 Å². The number of hydrogen-bond donors (Lipinski definition) is 0. The number of hydrogen-bond acceptors (Lipinski definition) is 2. The minimum Gasteiger partial charge on any atom is -0.309 e. The summed E-state index contributed by atoms with van der Waals surface area (Å²) in [6.07, 6.45) is 0. The first kappa shape index (κ1) is 27.6. The molecule has 0 aliphatic heterocycles. The Morgan fingerprint density at radius 3 is 1.54 bits per heavy atom. The first-order valence-corrected chi connectivity index (χ1v) is 16.1. The highest BCUT2D eigenvalue weighted by Gasteiger charge is 2.48. The zero-order valence-corrected chi connectivity index (χ0v) is 25.9. The Labute approximate surface area is 278 Å². The second-order valence-corrected chi connectivity index (χ2v) is 12.2. The van der Waals surface area contributed by atoms with Crippen LogP contribution in [-0.4, -0.2) is 4.57 Å². The third-order valence-corrected chi connectivity index (χ3v) is 9.97. The molecule has 0 amide bonds. The van der Waals surface area contributed by atoms with Gasteiger partial charge in [-0.3, -0.25) is 0 Å². The first-order valence-electron chi connectivity index (χ1n) is 16.1. The Bertz CT molecular complexity index is 2510. The van der Waals surface area contributed by atoms with E-state index in [1.807, 2.05) is 12.1 Å². The van der Waals surface area contributed by atoms with E-state index in [9.17, 15) is 10.5 Å². The Morgan fingerprint density at radius 2 is 0.958 bits per heavy atom. The molecule has 0 atom stereocenters. The number of aromatic nitrogens is 1. The zero-order chi connectivity index (χ0) is 32.2. The van der Waals surface area contributed by atoms with Crippen molar-refractivity contribution >= 4 is 21.8 Å². The molecule has 222 valence electrons. The van der Waals surface area contributed by atoms with Crippen LogP contribution in [0.3, 0.4) is 0 Å². The Hall–Kier alpha value is -6.68. The second kappa shape index (κ2) is 10.7. The number of nitriles is 2. The molecule has 0 spiro atoms. The van der Waals surface area contributed by atoms with Crippen molar-refractivity contribution < 1.29 is 0 Å². The summed E-state index contributed by atoms with van der Waals surface area (Å²) in [6, 6.07) is 61.8. The van der Waals surface area contributed by atoms with Crippen molar-refractivity contribution in [1.29, 1.82) is 10.5 Å².